The fraction of sp³-hybridized carbons (Fsp3) is 0.357. The van der Waals surface area contributed by atoms with E-state index in [4.69, 9.17) is 5.73 Å². The predicted molar refractivity (Wildman–Crippen MR) is 73.3 cm³/mol. The summed E-state index contributed by atoms with van der Waals surface area (Å²) in [5.74, 6) is 0.0836. The third-order valence-corrected chi connectivity index (χ3v) is 2.99. The Morgan fingerprint density at radius 3 is 3.00 bits per heavy atom. The molecule has 0 fully saturated rings. The number of rotatable bonds is 6. The molecule has 1 aromatic carbocycles. The third-order valence-electron chi connectivity index (χ3n) is 2.99. The molecule has 0 aliphatic heterocycles. The number of fused-ring (bicyclic) bond motifs is 1. The second kappa shape index (κ2) is 6.21. The van der Waals surface area contributed by atoms with E-state index in [9.17, 15) is 4.79 Å². The minimum absolute atomic E-state index is 0.0836. The van der Waals surface area contributed by atoms with E-state index in [1.807, 2.05) is 18.3 Å². The van der Waals surface area contributed by atoms with Crippen molar-refractivity contribution >= 4 is 16.8 Å². The van der Waals surface area contributed by atoms with E-state index in [2.05, 4.69) is 22.4 Å². The van der Waals surface area contributed by atoms with Gasteiger partial charge in [-0.3, -0.25) is 4.79 Å². The first-order valence-corrected chi connectivity index (χ1v) is 6.33. The number of aromatic nitrogens is 1. The standard InChI is InChI=1S/C14H19N3O/c15-8-9-16-14(18)7-3-4-11-10-17-13-6-2-1-5-12(11)13/h1-2,5-6,10,17H,3-4,7-9,15H2,(H,16,18). The number of hydrogen-bond acceptors (Lipinski definition) is 2. The van der Waals surface area contributed by atoms with Crippen LogP contribution in [0, 0.1) is 0 Å². The molecule has 4 nitrogen and oxygen atoms in total. The molecule has 0 unspecified atom stereocenters. The molecule has 0 spiro atoms. The number of nitrogens with one attached hydrogen (secondary N) is 2. The molecule has 4 heteroatoms. The van der Waals surface area contributed by atoms with Gasteiger partial charge >= 0.3 is 0 Å². The van der Waals surface area contributed by atoms with Gasteiger partial charge in [-0.25, -0.2) is 0 Å². The van der Waals surface area contributed by atoms with Crippen LogP contribution in [-0.4, -0.2) is 24.0 Å². The average Bonchev–Trinajstić information content (AvgIpc) is 2.80. The summed E-state index contributed by atoms with van der Waals surface area (Å²) in [6.45, 7) is 1.06. The van der Waals surface area contributed by atoms with Gasteiger partial charge in [0.1, 0.15) is 0 Å². The fourth-order valence-electron chi connectivity index (χ4n) is 2.08. The van der Waals surface area contributed by atoms with Crippen LogP contribution in [0.2, 0.25) is 0 Å². The normalized spacial score (nSPS) is 10.7. The van der Waals surface area contributed by atoms with Crippen molar-refractivity contribution < 1.29 is 4.79 Å². The minimum Gasteiger partial charge on any atom is -0.361 e. The summed E-state index contributed by atoms with van der Waals surface area (Å²) in [4.78, 5) is 14.7. The molecule has 18 heavy (non-hydrogen) atoms. The van der Waals surface area contributed by atoms with Crippen LogP contribution in [0.1, 0.15) is 18.4 Å². The molecule has 0 saturated heterocycles. The molecule has 0 atom stereocenters. The zero-order chi connectivity index (χ0) is 12.8. The molecule has 0 bridgehead atoms. The lowest BCUT2D eigenvalue weighted by molar-refractivity contribution is -0.121. The number of carbonyl (C=O) groups excluding carboxylic acids is 1. The topological polar surface area (TPSA) is 70.9 Å². The van der Waals surface area contributed by atoms with E-state index < -0.39 is 0 Å². The zero-order valence-corrected chi connectivity index (χ0v) is 10.4. The van der Waals surface area contributed by atoms with E-state index in [0.29, 0.717) is 19.5 Å². The van der Waals surface area contributed by atoms with E-state index in [-0.39, 0.29) is 5.91 Å². The Labute approximate surface area is 107 Å². The Kier molecular flexibility index (Phi) is 4.36. The molecule has 96 valence electrons. The van der Waals surface area contributed by atoms with Gasteiger partial charge in [-0.15, -0.1) is 0 Å². The Morgan fingerprint density at radius 2 is 2.17 bits per heavy atom. The molecule has 1 aromatic heterocycles. The van der Waals surface area contributed by atoms with Gasteiger partial charge in [0.05, 0.1) is 0 Å². The molecule has 2 aromatic rings. The van der Waals surface area contributed by atoms with Crippen LogP contribution in [0.4, 0.5) is 0 Å². The molecular formula is C14H19N3O. The largest absolute Gasteiger partial charge is 0.361 e. The average molecular weight is 245 g/mol. The lowest BCUT2D eigenvalue weighted by Gasteiger charge is -2.03. The fourth-order valence-corrected chi connectivity index (χ4v) is 2.08. The van der Waals surface area contributed by atoms with Crippen LogP contribution < -0.4 is 11.1 Å². The van der Waals surface area contributed by atoms with Crippen LogP contribution in [0.25, 0.3) is 10.9 Å². The van der Waals surface area contributed by atoms with Crippen LogP contribution in [0.15, 0.2) is 30.5 Å². The van der Waals surface area contributed by atoms with Crippen LogP contribution >= 0.6 is 0 Å². The SMILES string of the molecule is NCCNC(=O)CCCc1c[nH]c2ccccc12. The van der Waals surface area contributed by atoms with Crippen molar-refractivity contribution in [3.63, 3.8) is 0 Å². The summed E-state index contributed by atoms with van der Waals surface area (Å²) in [5.41, 5.74) is 7.75. The van der Waals surface area contributed by atoms with E-state index in [0.717, 1.165) is 18.4 Å². The minimum atomic E-state index is 0.0836. The molecule has 0 radical (unpaired) electrons. The molecular weight excluding hydrogens is 226 g/mol. The van der Waals surface area contributed by atoms with Crippen LogP contribution in [0.3, 0.4) is 0 Å². The number of aromatic amines is 1. The van der Waals surface area contributed by atoms with Gasteiger partial charge in [-0.2, -0.15) is 0 Å². The summed E-state index contributed by atoms with van der Waals surface area (Å²) >= 11 is 0. The first kappa shape index (κ1) is 12.6. The quantitative estimate of drug-likeness (QED) is 0.723. The highest BCUT2D eigenvalue weighted by Crippen LogP contribution is 2.19. The number of hydrogen-bond donors (Lipinski definition) is 3. The van der Waals surface area contributed by atoms with Crippen molar-refractivity contribution in [2.24, 2.45) is 5.73 Å². The van der Waals surface area contributed by atoms with Crippen molar-refractivity contribution in [3.05, 3.63) is 36.0 Å². The zero-order valence-electron chi connectivity index (χ0n) is 10.4. The van der Waals surface area contributed by atoms with Crippen molar-refractivity contribution in [2.45, 2.75) is 19.3 Å². The number of amides is 1. The second-order valence-corrected chi connectivity index (χ2v) is 4.35. The number of para-hydroxylation sites is 1. The maximum absolute atomic E-state index is 11.4. The van der Waals surface area contributed by atoms with Gasteiger partial charge < -0.3 is 16.0 Å². The predicted octanol–water partition coefficient (Wildman–Crippen LogP) is 1.57. The Morgan fingerprint density at radius 1 is 1.33 bits per heavy atom. The van der Waals surface area contributed by atoms with Gasteiger partial charge in [0.2, 0.25) is 5.91 Å². The molecule has 0 aliphatic carbocycles. The molecule has 1 amide bonds. The van der Waals surface area contributed by atoms with Crippen molar-refractivity contribution in [2.75, 3.05) is 13.1 Å². The van der Waals surface area contributed by atoms with Gasteiger partial charge in [-0.05, 0) is 24.5 Å². The van der Waals surface area contributed by atoms with Crippen LogP contribution in [0.5, 0.6) is 0 Å². The summed E-state index contributed by atoms with van der Waals surface area (Å²) in [6.07, 6.45) is 4.36. The molecule has 2 rings (SSSR count). The number of carbonyl (C=O) groups is 1. The van der Waals surface area contributed by atoms with Gasteiger partial charge in [0.25, 0.3) is 0 Å². The monoisotopic (exact) mass is 245 g/mol. The van der Waals surface area contributed by atoms with Crippen molar-refractivity contribution in [1.29, 1.82) is 0 Å². The number of benzene rings is 1. The maximum atomic E-state index is 11.4. The summed E-state index contributed by atoms with van der Waals surface area (Å²) in [6, 6.07) is 8.22. The maximum Gasteiger partial charge on any atom is 0.220 e. The summed E-state index contributed by atoms with van der Waals surface area (Å²) in [5, 5.41) is 4.03. The lowest BCUT2D eigenvalue weighted by atomic mass is 10.1. The smallest absolute Gasteiger partial charge is 0.220 e. The molecule has 0 saturated carbocycles. The van der Waals surface area contributed by atoms with Gasteiger partial charge in [-0.1, -0.05) is 18.2 Å². The second-order valence-electron chi connectivity index (χ2n) is 4.35. The van der Waals surface area contributed by atoms with Crippen molar-refractivity contribution in [3.8, 4) is 0 Å². The first-order valence-electron chi connectivity index (χ1n) is 6.33. The summed E-state index contributed by atoms with van der Waals surface area (Å²) in [7, 11) is 0. The third kappa shape index (κ3) is 3.11. The van der Waals surface area contributed by atoms with Crippen LogP contribution in [-0.2, 0) is 11.2 Å². The number of H-pyrrole nitrogens is 1. The highest BCUT2D eigenvalue weighted by Gasteiger charge is 2.04. The van der Waals surface area contributed by atoms with E-state index in [1.165, 1.54) is 10.9 Å². The van der Waals surface area contributed by atoms with E-state index in [1.54, 1.807) is 0 Å². The highest BCUT2D eigenvalue weighted by atomic mass is 16.1. The summed E-state index contributed by atoms with van der Waals surface area (Å²) < 4.78 is 0. The van der Waals surface area contributed by atoms with Crippen molar-refractivity contribution in [1.82, 2.24) is 10.3 Å². The molecule has 1 heterocycles. The number of nitrogens with two attached hydrogens (primary N) is 1. The van der Waals surface area contributed by atoms with E-state index >= 15 is 0 Å². The van der Waals surface area contributed by atoms with Gasteiger partial charge in [0.15, 0.2) is 0 Å². The highest BCUT2D eigenvalue weighted by molar-refractivity contribution is 5.83. The Balaban J connectivity index is 1.85. The molecule has 4 N–H and O–H groups in total. The first-order chi connectivity index (χ1) is 8.81. The molecule has 0 aliphatic rings. The van der Waals surface area contributed by atoms with Gasteiger partial charge in [0, 0.05) is 36.6 Å². The lowest BCUT2D eigenvalue weighted by Crippen LogP contribution is -2.28. The number of aryl methyl sites for hydroxylation is 1. The Bertz CT molecular complexity index is 518. The Hall–Kier alpha value is -1.81.